The summed E-state index contributed by atoms with van der Waals surface area (Å²) in [5, 5.41) is 24.0. The van der Waals surface area contributed by atoms with E-state index in [1.165, 1.54) is 18.4 Å². The molecule has 2 aliphatic carbocycles. The van der Waals surface area contributed by atoms with Crippen molar-refractivity contribution >= 4 is 5.91 Å². The number of amides is 1. The summed E-state index contributed by atoms with van der Waals surface area (Å²) in [7, 11) is 0. The fourth-order valence-corrected chi connectivity index (χ4v) is 5.64. The van der Waals surface area contributed by atoms with Crippen LogP contribution in [0.1, 0.15) is 83.6 Å². The predicted octanol–water partition coefficient (Wildman–Crippen LogP) is 5.34. The zero-order valence-corrected chi connectivity index (χ0v) is 21.0. The van der Waals surface area contributed by atoms with Crippen molar-refractivity contribution in [2.24, 2.45) is 23.7 Å². The second-order valence-corrected chi connectivity index (χ2v) is 10.5. The number of pyridine rings is 1. The maximum absolute atomic E-state index is 12.1. The van der Waals surface area contributed by atoms with E-state index < -0.39 is 6.10 Å². The third-order valence-corrected chi connectivity index (χ3v) is 7.59. The Labute approximate surface area is 205 Å². The Kier molecular flexibility index (Phi) is 10.8. The number of aromatic nitrogens is 1. The molecule has 0 saturated heterocycles. The Morgan fingerprint density at radius 1 is 1.26 bits per heavy atom. The molecule has 1 fully saturated rings. The normalized spacial score (nSPS) is 25.8. The van der Waals surface area contributed by atoms with Gasteiger partial charge in [0.05, 0.1) is 12.2 Å². The summed E-state index contributed by atoms with van der Waals surface area (Å²) >= 11 is 0. The lowest BCUT2D eigenvalue weighted by atomic mass is 9.88. The van der Waals surface area contributed by atoms with E-state index in [2.05, 4.69) is 36.3 Å². The van der Waals surface area contributed by atoms with Gasteiger partial charge in [0, 0.05) is 31.3 Å². The van der Waals surface area contributed by atoms with Crippen molar-refractivity contribution in [3.63, 3.8) is 0 Å². The second-order valence-electron chi connectivity index (χ2n) is 10.5. The summed E-state index contributed by atoms with van der Waals surface area (Å²) in [4.78, 5) is 16.1. The zero-order valence-electron chi connectivity index (χ0n) is 21.0. The smallest absolute Gasteiger partial charge is 0.220 e. The van der Waals surface area contributed by atoms with E-state index in [4.69, 9.17) is 0 Å². The summed E-state index contributed by atoms with van der Waals surface area (Å²) in [6.45, 7) is 4.97. The van der Waals surface area contributed by atoms with Crippen LogP contribution in [0, 0.1) is 23.7 Å². The van der Waals surface area contributed by atoms with Gasteiger partial charge in [-0.1, -0.05) is 56.9 Å². The standard InChI is InChI=1S/C29H44N2O3/c1-3-4-7-21(2)16-25(32)10-11-26-27-18-23(17-24(27)19-28(26)33)8-5-6-9-29(34)31-20-22-12-14-30-15-13-22/h10-15,17,21,24-28,32-33H,3-9,16,18-20H2,1-2H3,(H,31,34)/t21-,24+,25-,26-,27+,28-/m1/s1. The Morgan fingerprint density at radius 2 is 2.06 bits per heavy atom. The number of nitrogens with one attached hydrogen (secondary N) is 1. The number of allylic oxidation sites excluding steroid dienone is 2. The third kappa shape index (κ3) is 8.35. The minimum absolute atomic E-state index is 0.102. The maximum Gasteiger partial charge on any atom is 0.220 e. The summed E-state index contributed by atoms with van der Waals surface area (Å²) in [5.41, 5.74) is 2.54. The minimum Gasteiger partial charge on any atom is -0.392 e. The first-order chi connectivity index (χ1) is 16.5. The summed E-state index contributed by atoms with van der Waals surface area (Å²) in [6, 6.07) is 3.83. The number of carbonyl (C=O) groups excluding carboxylic acids is 1. The predicted molar refractivity (Wildman–Crippen MR) is 137 cm³/mol. The van der Waals surface area contributed by atoms with Gasteiger partial charge in [-0.25, -0.2) is 0 Å². The molecule has 2 aliphatic rings. The molecule has 0 aliphatic heterocycles. The first-order valence-corrected chi connectivity index (χ1v) is 13.4. The van der Waals surface area contributed by atoms with Crippen LogP contribution >= 0.6 is 0 Å². The number of rotatable bonds is 14. The highest BCUT2D eigenvalue weighted by Crippen LogP contribution is 2.48. The third-order valence-electron chi connectivity index (χ3n) is 7.59. The monoisotopic (exact) mass is 468 g/mol. The Bertz CT molecular complexity index is 807. The SMILES string of the molecule is CCCC[C@@H](C)C[C@H](O)C=C[C@@H]1[C@H]2CC(CCCCC(=O)NCc3ccncc3)=C[C@H]2C[C@H]1O. The van der Waals surface area contributed by atoms with Gasteiger partial charge >= 0.3 is 0 Å². The largest absolute Gasteiger partial charge is 0.392 e. The molecular weight excluding hydrogens is 424 g/mol. The van der Waals surface area contributed by atoms with E-state index in [1.54, 1.807) is 12.4 Å². The lowest BCUT2D eigenvalue weighted by molar-refractivity contribution is -0.121. The molecule has 0 aromatic carbocycles. The van der Waals surface area contributed by atoms with Crippen LogP contribution in [0.2, 0.25) is 0 Å². The highest BCUT2D eigenvalue weighted by atomic mass is 16.3. The topological polar surface area (TPSA) is 82.5 Å². The van der Waals surface area contributed by atoms with Crippen LogP contribution in [0.4, 0.5) is 0 Å². The number of nitrogens with zero attached hydrogens (tertiary/aromatic N) is 1. The number of carbonyl (C=O) groups is 1. The fourth-order valence-electron chi connectivity index (χ4n) is 5.64. The molecule has 3 N–H and O–H groups in total. The van der Waals surface area contributed by atoms with Gasteiger partial charge in [-0.2, -0.15) is 0 Å². The first-order valence-electron chi connectivity index (χ1n) is 13.4. The van der Waals surface area contributed by atoms with Gasteiger partial charge in [-0.3, -0.25) is 9.78 Å². The van der Waals surface area contributed by atoms with Crippen molar-refractivity contribution in [2.45, 2.75) is 96.8 Å². The van der Waals surface area contributed by atoms with Crippen LogP contribution in [0.3, 0.4) is 0 Å². The molecule has 6 atom stereocenters. The average Bonchev–Trinajstić information content (AvgIpc) is 3.34. The van der Waals surface area contributed by atoms with Gasteiger partial charge in [-0.15, -0.1) is 0 Å². The second kappa shape index (κ2) is 13.8. The molecule has 0 unspecified atom stereocenters. The van der Waals surface area contributed by atoms with Gasteiger partial charge in [0.15, 0.2) is 0 Å². The molecule has 0 spiro atoms. The van der Waals surface area contributed by atoms with Crippen molar-refractivity contribution in [3.05, 3.63) is 53.9 Å². The molecule has 1 amide bonds. The number of hydrogen-bond acceptors (Lipinski definition) is 4. The Morgan fingerprint density at radius 3 is 2.82 bits per heavy atom. The van der Waals surface area contributed by atoms with Crippen molar-refractivity contribution in [1.29, 1.82) is 0 Å². The van der Waals surface area contributed by atoms with Crippen LogP contribution in [0.25, 0.3) is 0 Å². The van der Waals surface area contributed by atoms with E-state index in [1.807, 2.05) is 18.2 Å². The van der Waals surface area contributed by atoms with Gasteiger partial charge < -0.3 is 15.5 Å². The van der Waals surface area contributed by atoms with E-state index >= 15 is 0 Å². The van der Waals surface area contributed by atoms with Crippen LogP contribution < -0.4 is 5.32 Å². The molecule has 1 saturated carbocycles. The van der Waals surface area contributed by atoms with Crippen molar-refractivity contribution in [3.8, 4) is 0 Å². The molecule has 0 bridgehead atoms. The number of hydrogen-bond donors (Lipinski definition) is 3. The number of aliphatic hydroxyl groups is 2. The van der Waals surface area contributed by atoms with Crippen LogP contribution in [0.15, 0.2) is 48.3 Å². The van der Waals surface area contributed by atoms with E-state index in [-0.39, 0.29) is 17.9 Å². The van der Waals surface area contributed by atoms with Crippen molar-refractivity contribution < 1.29 is 15.0 Å². The summed E-state index contributed by atoms with van der Waals surface area (Å²) < 4.78 is 0. The Hall–Kier alpha value is -1.98. The zero-order chi connectivity index (χ0) is 24.3. The molecular formula is C29H44N2O3. The van der Waals surface area contributed by atoms with E-state index in [9.17, 15) is 15.0 Å². The van der Waals surface area contributed by atoms with Crippen molar-refractivity contribution in [1.82, 2.24) is 10.3 Å². The molecule has 5 nitrogen and oxygen atoms in total. The molecule has 34 heavy (non-hydrogen) atoms. The number of aliphatic hydroxyl groups excluding tert-OH is 2. The molecule has 0 radical (unpaired) electrons. The highest BCUT2D eigenvalue weighted by molar-refractivity contribution is 5.75. The molecule has 1 aromatic rings. The molecule has 5 heteroatoms. The van der Waals surface area contributed by atoms with Gasteiger partial charge in [0.2, 0.25) is 5.91 Å². The first kappa shape index (κ1) is 26.6. The van der Waals surface area contributed by atoms with Crippen LogP contribution in [-0.4, -0.2) is 33.3 Å². The summed E-state index contributed by atoms with van der Waals surface area (Å²) in [6.07, 6.45) is 18.9. The van der Waals surface area contributed by atoms with Crippen molar-refractivity contribution in [2.75, 3.05) is 0 Å². The molecule has 188 valence electrons. The Balaban J connectivity index is 1.35. The maximum atomic E-state index is 12.1. The van der Waals surface area contributed by atoms with E-state index in [0.29, 0.717) is 30.7 Å². The average molecular weight is 469 g/mol. The molecule has 3 rings (SSSR count). The quantitative estimate of drug-likeness (QED) is 0.254. The highest BCUT2D eigenvalue weighted by Gasteiger charge is 2.43. The van der Waals surface area contributed by atoms with Crippen LogP contribution in [0.5, 0.6) is 0 Å². The fraction of sp³-hybridized carbons (Fsp3) is 0.655. The van der Waals surface area contributed by atoms with Gasteiger partial charge in [-0.05, 0) is 74.0 Å². The molecule has 1 aromatic heterocycles. The lowest BCUT2D eigenvalue weighted by Crippen LogP contribution is -2.22. The molecule has 1 heterocycles. The number of fused-ring (bicyclic) bond motifs is 1. The summed E-state index contributed by atoms with van der Waals surface area (Å²) in [5.74, 6) is 1.67. The van der Waals surface area contributed by atoms with Gasteiger partial charge in [0.25, 0.3) is 0 Å². The number of unbranched alkanes of at least 4 members (excludes halogenated alkanes) is 2. The van der Waals surface area contributed by atoms with E-state index in [0.717, 1.165) is 50.5 Å². The van der Waals surface area contributed by atoms with Crippen LogP contribution in [-0.2, 0) is 11.3 Å². The van der Waals surface area contributed by atoms with Gasteiger partial charge in [0.1, 0.15) is 0 Å². The minimum atomic E-state index is -0.420. The lowest BCUT2D eigenvalue weighted by Gasteiger charge is -2.19.